The van der Waals surface area contributed by atoms with Gasteiger partial charge in [-0.1, -0.05) is 187 Å². The fourth-order valence-corrected chi connectivity index (χ4v) is 11.0. The molecule has 2 atom stereocenters. The van der Waals surface area contributed by atoms with Crippen molar-refractivity contribution < 1.29 is 0 Å². The first-order chi connectivity index (χ1) is 27.0. The molecule has 0 amide bonds. The smallest absolute Gasteiger partial charge is 0.0710 e. The Morgan fingerprint density at radius 1 is 0.661 bits per heavy atom. The van der Waals surface area contributed by atoms with Crippen LogP contribution in [0.25, 0.3) is 22.9 Å². The number of fused-ring (bicyclic) bond motifs is 6. The molecule has 6 aromatic rings. The predicted molar refractivity (Wildman–Crippen MR) is 238 cm³/mol. The molecule has 9 rings (SSSR count). The Morgan fingerprint density at radius 2 is 1.29 bits per heavy atom. The highest BCUT2D eigenvalue weighted by Crippen LogP contribution is 2.64. The van der Waals surface area contributed by atoms with Gasteiger partial charge in [0.15, 0.2) is 0 Å². The number of benzene rings is 6. The molecule has 2 aliphatic heterocycles. The fraction of sp³-hybridized carbons (Fsp3) is 0.273. The monoisotopic (exact) mass is 729 g/mol. The summed E-state index contributed by atoms with van der Waals surface area (Å²) in [5.41, 5.74) is 15.1. The van der Waals surface area contributed by atoms with Crippen LogP contribution in [0.2, 0.25) is 0 Å². The summed E-state index contributed by atoms with van der Waals surface area (Å²) in [7, 11) is 0. The SMILES string of the molecule is C=C/C1=c2/cccc/c2=C/Cc2cccc(C(c3ccccc3)(c3ccccc3)c3ccccc3C)c2-c2cc(C(C)(C)C)cc3c2N1C1(C)CCCCC31C. The molecule has 3 aliphatic rings. The quantitative estimate of drug-likeness (QED) is 0.160. The van der Waals surface area contributed by atoms with Crippen LogP contribution in [-0.2, 0) is 22.7 Å². The Kier molecular flexibility index (Phi) is 8.66. The summed E-state index contributed by atoms with van der Waals surface area (Å²) in [6.07, 6.45) is 10.2. The molecule has 1 nitrogen and oxygen atoms in total. The summed E-state index contributed by atoms with van der Waals surface area (Å²) in [4.78, 5) is 2.79. The first kappa shape index (κ1) is 36.3. The molecule has 0 radical (unpaired) electrons. The summed E-state index contributed by atoms with van der Waals surface area (Å²) >= 11 is 0. The van der Waals surface area contributed by atoms with Gasteiger partial charge in [-0.3, -0.25) is 0 Å². The van der Waals surface area contributed by atoms with Crippen LogP contribution in [0.1, 0.15) is 105 Å². The number of anilines is 1. The zero-order chi connectivity index (χ0) is 38.9. The Balaban J connectivity index is 1.55. The average molecular weight is 730 g/mol. The summed E-state index contributed by atoms with van der Waals surface area (Å²) in [6.45, 7) is 19.2. The molecule has 56 heavy (non-hydrogen) atoms. The van der Waals surface area contributed by atoms with Crippen molar-refractivity contribution in [1.29, 1.82) is 0 Å². The third-order valence-electron chi connectivity index (χ3n) is 14.1. The largest absolute Gasteiger partial charge is 0.333 e. The van der Waals surface area contributed by atoms with E-state index in [1.165, 1.54) is 90.3 Å². The van der Waals surface area contributed by atoms with Gasteiger partial charge < -0.3 is 4.90 Å². The van der Waals surface area contributed by atoms with E-state index in [0.29, 0.717) is 0 Å². The maximum absolute atomic E-state index is 4.59. The standard InChI is InChI=1S/C55H55N/c1-8-49-44-29-17-16-23-39(44)32-33-40-24-21-31-47(55(41-25-11-9-12-26-41,42-27-13-10-14-28-42)46-30-18-15-22-38(46)2)50(40)45-36-43(52(3,4)5)37-48-51(45)56(49)54(7)35-20-19-34-53(48,54)6/h8-18,21-32,36-37H,1,19-20,33-35H2,2-7H3/b39-32-,49-44+. The van der Waals surface area contributed by atoms with Gasteiger partial charge in [0.1, 0.15) is 0 Å². The van der Waals surface area contributed by atoms with E-state index in [-0.39, 0.29) is 16.4 Å². The molecular weight excluding hydrogens is 675 g/mol. The van der Waals surface area contributed by atoms with Crippen molar-refractivity contribution in [3.63, 3.8) is 0 Å². The van der Waals surface area contributed by atoms with Gasteiger partial charge in [0, 0.05) is 21.9 Å². The molecule has 1 saturated carbocycles. The summed E-state index contributed by atoms with van der Waals surface area (Å²) in [6, 6.07) is 53.1. The maximum Gasteiger partial charge on any atom is 0.0710 e. The van der Waals surface area contributed by atoms with Gasteiger partial charge >= 0.3 is 0 Å². The maximum atomic E-state index is 4.59. The van der Waals surface area contributed by atoms with Gasteiger partial charge in [-0.05, 0) is 106 Å². The molecule has 280 valence electrons. The lowest BCUT2D eigenvalue weighted by Crippen LogP contribution is -2.56. The molecule has 1 fully saturated rings. The van der Waals surface area contributed by atoms with Crippen LogP contribution >= 0.6 is 0 Å². The van der Waals surface area contributed by atoms with Gasteiger partial charge in [-0.15, -0.1) is 0 Å². The normalized spacial score (nSPS) is 21.8. The summed E-state index contributed by atoms with van der Waals surface area (Å²) < 4.78 is 0. The predicted octanol–water partition coefficient (Wildman–Crippen LogP) is 12.1. The van der Waals surface area contributed by atoms with Crippen LogP contribution in [0.5, 0.6) is 0 Å². The molecular formula is C55H55N. The van der Waals surface area contributed by atoms with Gasteiger partial charge in [-0.25, -0.2) is 0 Å². The second-order valence-electron chi connectivity index (χ2n) is 18.0. The summed E-state index contributed by atoms with van der Waals surface area (Å²) in [5, 5.41) is 2.53. The molecule has 0 aromatic heterocycles. The zero-order valence-electron chi connectivity index (χ0n) is 34.1. The molecule has 0 bridgehead atoms. The van der Waals surface area contributed by atoms with Crippen LogP contribution in [0, 0.1) is 6.92 Å². The van der Waals surface area contributed by atoms with Crippen molar-refractivity contribution in [2.45, 2.75) is 95.4 Å². The number of aryl methyl sites for hydroxylation is 1. The second kappa shape index (κ2) is 13.4. The number of hydrogen-bond acceptors (Lipinski definition) is 1. The Hall–Kier alpha value is -5.40. The Morgan fingerprint density at radius 3 is 1.96 bits per heavy atom. The van der Waals surface area contributed by atoms with Gasteiger partial charge in [0.25, 0.3) is 0 Å². The van der Waals surface area contributed by atoms with Crippen LogP contribution in [0.15, 0.2) is 152 Å². The van der Waals surface area contributed by atoms with Crippen molar-refractivity contribution in [2.24, 2.45) is 0 Å². The van der Waals surface area contributed by atoms with E-state index in [1.54, 1.807) is 0 Å². The molecule has 2 unspecified atom stereocenters. The number of nitrogens with zero attached hydrogens (tertiary/aromatic N) is 1. The van der Waals surface area contributed by atoms with E-state index >= 15 is 0 Å². The highest BCUT2D eigenvalue weighted by Gasteiger charge is 2.59. The van der Waals surface area contributed by atoms with E-state index in [0.717, 1.165) is 19.3 Å². The van der Waals surface area contributed by atoms with Crippen LogP contribution in [-0.4, -0.2) is 5.54 Å². The van der Waals surface area contributed by atoms with E-state index in [9.17, 15) is 0 Å². The van der Waals surface area contributed by atoms with Crippen LogP contribution in [0.4, 0.5) is 5.69 Å². The Bertz CT molecular complexity index is 2570. The number of rotatable bonds is 5. The minimum absolute atomic E-state index is 0.0551. The lowest BCUT2D eigenvalue weighted by atomic mass is 9.60. The van der Waals surface area contributed by atoms with Gasteiger partial charge in [0.2, 0.25) is 0 Å². The van der Waals surface area contributed by atoms with E-state index < -0.39 is 5.41 Å². The zero-order valence-corrected chi connectivity index (χ0v) is 34.1. The lowest BCUT2D eigenvalue weighted by Gasteiger charge is -2.50. The third-order valence-corrected chi connectivity index (χ3v) is 14.1. The topological polar surface area (TPSA) is 3.24 Å². The first-order valence-electron chi connectivity index (χ1n) is 20.8. The van der Waals surface area contributed by atoms with Crippen molar-refractivity contribution in [3.8, 4) is 11.1 Å². The van der Waals surface area contributed by atoms with Crippen LogP contribution in [0.3, 0.4) is 0 Å². The molecule has 0 N–H and O–H groups in total. The fourth-order valence-electron chi connectivity index (χ4n) is 11.0. The highest BCUT2D eigenvalue weighted by molar-refractivity contribution is 5.96. The number of hydrogen-bond donors (Lipinski definition) is 0. The molecule has 2 heterocycles. The van der Waals surface area contributed by atoms with E-state index in [2.05, 4.69) is 205 Å². The summed E-state index contributed by atoms with van der Waals surface area (Å²) in [5.74, 6) is 0. The van der Waals surface area contributed by atoms with E-state index in [4.69, 9.17) is 0 Å². The second-order valence-corrected chi connectivity index (χ2v) is 18.0. The third kappa shape index (κ3) is 5.19. The first-order valence-corrected chi connectivity index (χ1v) is 20.8. The van der Waals surface area contributed by atoms with E-state index in [1.807, 2.05) is 0 Å². The van der Waals surface area contributed by atoms with Gasteiger partial charge in [-0.2, -0.15) is 0 Å². The average Bonchev–Trinajstić information content (AvgIpc) is 3.42. The Labute approximate surface area is 334 Å². The van der Waals surface area contributed by atoms with Gasteiger partial charge in [0.05, 0.1) is 16.6 Å². The molecule has 0 saturated heterocycles. The lowest BCUT2D eigenvalue weighted by molar-refractivity contribution is 0.195. The minimum Gasteiger partial charge on any atom is -0.333 e. The van der Waals surface area contributed by atoms with Crippen LogP contribution < -0.4 is 15.3 Å². The van der Waals surface area contributed by atoms with Crippen molar-refractivity contribution in [2.75, 3.05) is 4.90 Å². The van der Waals surface area contributed by atoms with Crippen molar-refractivity contribution >= 4 is 17.5 Å². The molecule has 6 aromatic carbocycles. The van der Waals surface area contributed by atoms with Crippen molar-refractivity contribution in [1.82, 2.24) is 0 Å². The molecule has 1 heteroatoms. The minimum atomic E-state index is -0.610. The van der Waals surface area contributed by atoms with Crippen molar-refractivity contribution in [3.05, 3.63) is 207 Å². The molecule has 1 aliphatic carbocycles. The highest BCUT2D eigenvalue weighted by atomic mass is 15.3. The molecule has 0 spiro atoms.